The second kappa shape index (κ2) is 4.25. The number of para-hydroxylation sites is 1. The van der Waals surface area contributed by atoms with Gasteiger partial charge in [-0.05, 0) is 18.2 Å². The zero-order valence-electron chi connectivity index (χ0n) is 9.29. The normalized spacial score (nSPS) is 10.4. The number of aromatic nitrogens is 4. The Hall–Kier alpha value is -2.76. The first kappa shape index (κ1) is 10.4. The van der Waals surface area contributed by atoms with E-state index in [2.05, 4.69) is 25.7 Å². The number of carbonyl (C=O) groups is 1. The lowest BCUT2D eigenvalue weighted by atomic mass is 10.2. The maximum absolute atomic E-state index is 12.0. The molecule has 0 saturated heterocycles. The number of hydrogen-bond donors (Lipinski definition) is 2. The van der Waals surface area contributed by atoms with Gasteiger partial charge in [-0.1, -0.05) is 18.2 Å². The van der Waals surface area contributed by atoms with E-state index >= 15 is 0 Å². The molecule has 0 saturated carbocycles. The highest BCUT2D eigenvalue weighted by Gasteiger charge is 2.14. The van der Waals surface area contributed by atoms with Crippen molar-refractivity contribution in [3.05, 3.63) is 48.3 Å². The van der Waals surface area contributed by atoms with Crippen LogP contribution < -0.4 is 5.32 Å². The van der Waals surface area contributed by atoms with Gasteiger partial charge in [0.15, 0.2) is 11.5 Å². The van der Waals surface area contributed by atoms with E-state index in [1.807, 2.05) is 24.3 Å². The number of carbonyl (C=O) groups excluding carboxylic acids is 1. The minimum Gasteiger partial charge on any atom is -0.304 e. The quantitative estimate of drug-likeness (QED) is 0.711. The van der Waals surface area contributed by atoms with Crippen LogP contribution in [0.5, 0.6) is 0 Å². The molecular formula is C12H9N5O. The van der Waals surface area contributed by atoms with Crippen LogP contribution in [0.3, 0.4) is 0 Å². The zero-order valence-corrected chi connectivity index (χ0v) is 9.29. The van der Waals surface area contributed by atoms with E-state index in [9.17, 15) is 4.79 Å². The number of nitrogens with one attached hydrogen (secondary N) is 2. The highest BCUT2D eigenvalue weighted by molar-refractivity contribution is 6.10. The number of rotatable bonds is 2. The summed E-state index contributed by atoms with van der Waals surface area (Å²) in [4.78, 5) is 12.0. The highest BCUT2D eigenvalue weighted by Crippen LogP contribution is 2.15. The Morgan fingerprint density at radius 1 is 1.17 bits per heavy atom. The lowest BCUT2D eigenvalue weighted by molar-refractivity contribution is 0.102. The Bertz CT molecular complexity index is 692. The number of aromatic amines is 1. The molecule has 1 aromatic carbocycles. The van der Waals surface area contributed by atoms with Gasteiger partial charge in [0.2, 0.25) is 0 Å². The zero-order chi connectivity index (χ0) is 12.4. The molecule has 18 heavy (non-hydrogen) atoms. The number of benzene rings is 1. The van der Waals surface area contributed by atoms with Crippen LogP contribution in [-0.4, -0.2) is 26.3 Å². The van der Waals surface area contributed by atoms with E-state index in [0.717, 1.165) is 10.9 Å². The summed E-state index contributed by atoms with van der Waals surface area (Å²) in [6.45, 7) is 0. The van der Waals surface area contributed by atoms with Crippen molar-refractivity contribution in [3.63, 3.8) is 0 Å². The van der Waals surface area contributed by atoms with Gasteiger partial charge in [0.1, 0.15) is 0 Å². The van der Waals surface area contributed by atoms with Crippen molar-refractivity contribution in [2.45, 2.75) is 0 Å². The summed E-state index contributed by atoms with van der Waals surface area (Å²) in [6, 6.07) is 10.8. The van der Waals surface area contributed by atoms with Gasteiger partial charge in [-0.15, -0.1) is 5.10 Å². The molecule has 0 aliphatic carbocycles. The lowest BCUT2D eigenvalue weighted by Crippen LogP contribution is -2.14. The predicted octanol–water partition coefficient (Wildman–Crippen LogP) is 1.61. The monoisotopic (exact) mass is 239 g/mol. The molecule has 2 aromatic heterocycles. The van der Waals surface area contributed by atoms with Gasteiger partial charge < -0.3 is 5.32 Å². The molecule has 0 spiro atoms. The third-order valence-electron chi connectivity index (χ3n) is 2.50. The van der Waals surface area contributed by atoms with Gasteiger partial charge in [0, 0.05) is 11.6 Å². The van der Waals surface area contributed by atoms with E-state index < -0.39 is 0 Å². The summed E-state index contributed by atoms with van der Waals surface area (Å²) in [5.74, 6) is 0.0857. The molecule has 0 radical (unpaired) electrons. The van der Waals surface area contributed by atoms with E-state index in [0.29, 0.717) is 11.5 Å². The lowest BCUT2D eigenvalue weighted by Gasteiger charge is -2.00. The summed E-state index contributed by atoms with van der Waals surface area (Å²) in [5.41, 5.74) is 1.16. The average Bonchev–Trinajstić information content (AvgIpc) is 2.84. The van der Waals surface area contributed by atoms with Gasteiger partial charge in [-0.25, -0.2) is 0 Å². The maximum Gasteiger partial charge on any atom is 0.278 e. The number of amides is 1. The van der Waals surface area contributed by atoms with E-state index in [1.54, 1.807) is 18.3 Å². The molecule has 3 rings (SSSR count). The minimum atomic E-state index is -0.312. The first-order valence-electron chi connectivity index (χ1n) is 5.37. The third kappa shape index (κ3) is 1.80. The van der Waals surface area contributed by atoms with Crippen LogP contribution >= 0.6 is 0 Å². The average molecular weight is 239 g/mol. The summed E-state index contributed by atoms with van der Waals surface area (Å²) < 4.78 is 0. The summed E-state index contributed by atoms with van der Waals surface area (Å²) in [7, 11) is 0. The Morgan fingerprint density at radius 2 is 2.06 bits per heavy atom. The molecule has 6 nitrogen and oxygen atoms in total. The van der Waals surface area contributed by atoms with Crippen molar-refractivity contribution >= 4 is 22.6 Å². The maximum atomic E-state index is 12.0. The molecule has 2 heterocycles. The van der Waals surface area contributed by atoms with Gasteiger partial charge in [0.25, 0.3) is 5.91 Å². The fraction of sp³-hybridized carbons (Fsp3) is 0. The van der Waals surface area contributed by atoms with Gasteiger partial charge in [-0.3, -0.25) is 9.89 Å². The van der Waals surface area contributed by atoms with Crippen molar-refractivity contribution in [2.75, 3.05) is 5.32 Å². The van der Waals surface area contributed by atoms with Crippen LogP contribution in [-0.2, 0) is 0 Å². The Kier molecular flexibility index (Phi) is 2.45. The minimum absolute atomic E-state index is 0.312. The van der Waals surface area contributed by atoms with Crippen molar-refractivity contribution < 1.29 is 4.79 Å². The molecule has 0 atom stereocenters. The standard InChI is InChI=1S/C12H9N5O/c18-12(14-10-6-3-7-13-16-10)11-8-4-1-2-5-9(8)15-17-11/h1-7H,(H,15,17)(H,14,16,18). The molecular weight excluding hydrogens is 230 g/mol. The molecule has 0 aliphatic rings. The van der Waals surface area contributed by atoms with E-state index in [-0.39, 0.29) is 5.91 Å². The van der Waals surface area contributed by atoms with Gasteiger partial charge in [-0.2, -0.15) is 10.2 Å². The third-order valence-corrected chi connectivity index (χ3v) is 2.50. The topological polar surface area (TPSA) is 83.6 Å². The first-order valence-corrected chi connectivity index (χ1v) is 5.37. The summed E-state index contributed by atoms with van der Waals surface area (Å²) >= 11 is 0. The number of anilines is 1. The van der Waals surface area contributed by atoms with Gasteiger partial charge >= 0.3 is 0 Å². The molecule has 6 heteroatoms. The predicted molar refractivity (Wildman–Crippen MR) is 66.1 cm³/mol. The van der Waals surface area contributed by atoms with Gasteiger partial charge in [0.05, 0.1) is 5.52 Å². The molecule has 2 N–H and O–H groups in total. The second-order valence-electron chi connectivity index (χ2n) is 3.68. The SMILES string of the molecule is O=C(Nc1cccnn1)c1n[nH]c2ccccc12. The largest absolute Gasteiger partial charge is 0.304 e. The van der Waals surface area contributed by atoms with E-state index in [4.69, 9.17) is 0 Å². The van der Waals surface area contributed by atoms with Crippen LogP contribution in [0.15, 0.2) is 42.6 Å². The molecule has 0 unspecified atom stereocenters. The van der Waals surface area contributed by atoms with Crippen molar-refractivity contribution in [1.82, 2.24) is 20.4 Å². The molecule has 0 aliphatic heterocycles. The van der Waals surface area contributed by atoms with Crippen LogP contribution in [0.25, 0.3) is 10.9 Å². The number of fused-ring (bicyclic) bond motifs is 1. The second-order valence-corrected chi connectivity index (χ2v) is 3.68. The van der Waals surface area contributed by atoms with Crippen LogP contribution in [0.4, 0.5) is 5.82 Å². The van der Waals surface area contributed by atoms with Crippen LogP contribution in [0, 0.1) is 0 Å². The first-order chi connectivity index (χ1) is 8.84. The Balaban J connectivity index is 1.93. The van der Waals surface area contributed by atoms with E-state index in [1.165, 1.54) is 0 Å². The fourth-order valence-corrected chi connectivity index (χ4v) is 1.68. The molecule has 1 amide bonds. The van der Waals surface area contributed by atoms with Crippen molar-refractivity contribution in [2.24, 2.45) is 0 Å². The number of nitrogens with zero attached hydrogens (tertiary/aromatic N) is 3. The molecule has 0 fully saturated rings. The number of hydrogen-bond acceptors (Lipinski definition) is 4. The smallest absolute Gasteiger partial charge is 0.278 e. The highest BCUT2D eigenvalue weighted by atomic mass is 16.2. The van der Waals surface area contributed by atoms with Crippen LogP contribution in [0.2, 0.25) is 0 Å². The van der Waals surface area contributed by atoms with Crippen molar-refractivity contribution in [1.29, 1.82) is 0 Å². The number of H-pyrrole nitrogens is 1. The Morgan fingerprint density at radius 3 is 2.89 bits per heavy atom. The summed E-state index contributed by atoms with van der Waals surface area (Å²) in [6.07, 6.45) is 1.54. The Labute approximate surface area is 102 Å². The van der Waals surface area contributed by atoms with Crippen LogP contribution in [0.1, 0.15) is 10.5 Å². The summed E-state index contributed by atoms with van der Waals surface area (Å²) in [5, 5.41) is 17.7. The molecule has 3 aromatic rings. The fourth-order valence-electron chi connectivity index (χ4n) is 1.68. The molecule has 0 bridgehead atoms. The molecule has 88 valence electrons. The van der Waals surface area contributed by atoms with Crippen molar-refractivity contribution in [3.8, 4) is 0 Å².